The van der Waals surface area contributed by atoms with Gasteiger partial charge >= 0.3 is 5.97 Å². The minimum atomic E-state index is -0.564. The van der Waals surface area contributed by atoms with Gasteiger partial charge in [-0.1, -0.05) is 13.8 Å². The quantitative estimate of drug-likeness (QED) is 0.774. The molecule has 1 aromatic rings. The summed E-state index contributed by atoms with van der Waals surface area (Å²) in [4.78, 5) is 14.7. The molecule has 0 bridgehead atoms. The van der Waals surface area contributed by atoms with Crippen molar-refractivity contribution in [3.8, 4) is 0 Å². The molecule has 0 aliphatic rings. The molecule has 1 heterocycles. The normalized spacial score (nSPS) is 14.2. The topological polar surface area (TPSA) is 52.3 Å². The molecule has 4 heteroatoms. The highest BCUT2D eigenvalue weighted by Crippen LogP contribution is 2.31. The van der Waals surface area contributed by atoms with Gasteiger partial charge in [-0.2, -0.15) is 0 Å². The summed E-state index contributed by atoms with van der Waals surface area (Å²) in [5.41, 5.74) is 5.28. The van der Waals surface area contributed by atoms with Crippen LogP contribution >= 0.6 is 11.3 Å². The first kappa shape index (κ1) is 15.2. The fourth-order valence-corrected chi connectivity index (χ4v) is 3.07. The summed E-state index contributed by atoms with van der Waals surface area (Å²) in [6.45, 7) is 6.71. The van der Waals surface area contributed by atoms with E-state index in [0.29, 0.717) is 26.0 Å². The van der Waals surface area contributed by atoms with E-state index >= 15 is 0 Å². The number of aryl methyl sites for hydroxylation is 1. The Morgan fingerprint density at radius 3 is 2.44 bits per heavy atom. The summed E-state index contributed by atoms with van der Waals surface area (Å²) in [5.74, 6) is -0.165. The Bertz CT molecular complexity index is 383. The van der Waals surface area contributed by atoms with Crippen LogP contribution in [0.3, 0.4) is 0 Å². The Morgan fingerprint density at radius 1 is 1.33 bits per heavy atom. The molecule has 1 aromatic heterocycles. The van der Waals surface area contributed by atoms with Crippen molar-refractivity contribution in [1.82, 2.24) is 0 Å². The number of nitrogens with two attached hydrogens (primary N) is 1. The molecule has 3 nitrogen and oxygen atoms in total. The van der Waals surface area contributed by atoms with Crippen LogP contribution in [-0.4, -0.2) is 19.1 Å². The second-order valence-electron chi connectivity index (χ2n) is 4.46. The molecular formula is C14H23NO2S. The number of thiophene rings is 1. The Balaban J connectivity index is 2.87. The fourth-order valence-electron chi connectivity index (χ4n) is 1.97. The summed E-state index contributed by atoms with van der Waals surface area (Å²) < 4.78 is 5.18. The zero-order chi connectivity index (χ0) is 13.6. The van der Waals surface area contributed by atoms with Crippen LogP contribution in [0, 0.1) is 5.41 Å². The van der Waals surface area contributed by atoms with E-state index in [1.54, 1.807) is 11.3 Å². The predicted octanol–water partition coefficient (Wildman–Crippen LogP) is 2.77. The lowest BCUT2D eigenvalue weighted by Gasteiger charge is -2.28. The van der Waals surface area contributed by atoms with E-state index in [-0.39, 0.29) is 5.97 Å². The van der Waals surface area contributed by atoms with Gasteiger partial charge < -0.3 is 10.5 Å². The van der Waals surface area contributed by atoms with Crippen LogP contribution in [0.1, 0.15) is 36.9 Å². The van der Waals surface area contributed by atoms with Crippen molar-refractivity contribution in [2.75, 3.05) is 13.2 Å². The van der Waals surface area contributed by atoms with Crippen molar-refractivity contribution in [3.05, 3.63) is 21.9 Å². The lowest BCUT2D eigenvalue weighted by Crippen LogP contribution is -2.41. The van der Waals surface area contributed by atoms with Gasteiger partial charge in [0.2, 0.25) is 0 Å². The van der Waals surface area contributed by atoms with Crippen LogP contribution in [0.5, 0.6) is 0 Å². The van der Waals surface area contributed by atoms with Crippen LogP contribution in [0.2, 0.25) is 0 Å². The largest absolute Gasteiger partial charge is 0.466 e. The molecule has 0 aromatic carbocycles. The van der Waals surface area contributed by atoms with E-state index < -0.39 is 5.41 Å². The number of ether oxygens (including phenoxy) is 1. The molecule has 1 atom stereocenters. The molecule has 2 N–H and O–H groups in total. The second kappa shape index (κ2) is 6.90. The number of hydrogen-bond acceptors (Lipinski definition) is 4. The first-order valence-electron chi connectivity index (χ1n) is 6.56. The summed E-state index contributed by atoms with van der Waals surface area (Å²) in [6, 6.07) is 4.23. The van der Waals surface area contributed by atoms with Crippen LogP contribution in [0.25, 0.3) is 0 Å². The third-order valence-corrected chi connectivity index (χ3v) is 4.58. The van der Waals surface area contributed by atoms with E-state index in [9.17, 15) is 4.79 Å². The molecule has 0 aliphatic carbocycles. The highest BCUT2D eigenvalue weighted by molar-refractivity contribution is 7.12. The molecule has 0 amide bonds. The number of carbonyl (C=O) groups excluding carboxylic acids is 1. The van der Waals surface area contributed by atoms with Crippen molar-refractivity contribution in [1.29, 1.82) is 0 Å². The summed E-state index contributed by atoms with van der Waals surface area (Å²) in [6.07, 6.45) is 2.43. The maximum atomic E-state index is 12.1. The van der Waals surface area contributed by atoms with Crippen molar-refractivity contribution in [3.63, 3.8) is 0 Å². The molecule has 102 valence electrons. The summed E-state index contributed by atoms with van der Waals surface area (Å²) in [7, 11) is 0. The SMILES string of the molecule is CCOC(=O)C(CC)(CN)Cc1ccc(CC)s1. The van der Waals surface area contributed by atoms with Crippen LogP contribution in [0.4, 0.5) is 0 Å². The van der Waals surface area contributed by atoms with Gasteiger partial charge in [0.15, 0.2) is 0 Å². The molecule has 18 heavy (non-hydrogen) atoms. The standard InChI is InChI=1S/C14H23NO2S/c1-4-11-7-8-12(18-11)9-14(5-2,10-15)13(16)17-6-3/h7-8H,4-6,9-10,15H2,1-3H3. The van der Waals surface area contributed by atoms with Gasteiger partial charge in [0, 0.05) is 16.3 Å². The maximum Gasteiger partial charge on any atom is 0.313 e. The van der Waals surface area contributed by atoms with Gasteiger partial charge in [-0.25, -0.2) is 0 Å². The lowest BCUT2D eigenvalue weighted by molar-refractivity contribution is -0.155. The number of rotatable bonds is 7. The monoisotopic (exact) mass is 269 g/mol. The minimum Gasteiger partial charge on any atom is -0.466 e. The Hall–Kier alpha value is -0.870. The van der Waals surface area contributed by atoms with E-state index in [1.165, 1.54) is 9.75 Å². The van der Waals surface area contributed by atoms with Crippen molar-refractivity contribution in [2.45, 2.75) is 40.0 Å². The van der Waals surface area contributed by atoms with Gasteiger partial charge in [-0.05, 0) is 38.3 Å². The summed E-state index contributed by atoms with van der Waals surface area (Å²) >= 11 is 1.76. The first-order valence-corrected chi connectivity index (χ1v) is 7.38. The zero-order valence-corrected chi connectivity index (χ0v) is 12.3. The molecule has 1 rings (SSSR count). The molecule has 0 fully saturated rings. The van der Waals surface area contributed by atoms with Crippen LogP contribution in [0.15, 0.2) is 12.1 Å². The average Bonchev–Trinajstić information content (AvgIpc) is 2.84. The number of hydrogen-bond donors (Lipinski definition) is 1. The van der Waals surface area contributed by atoms with Gasteiger partial charge in [-0.3, -0.25) is 4.79 Å². The maximum absolute atomic E-state index is 12.1. The highest BCUT2D eigenvalue weighted by Gasteiger charge is 2.37. The van der Waals surface area contributed by atoms with Crippen molar-refractivity contribution < 1.29 is 9.53 Å². The average molecular weight is 269 g/mol. The van der Waals surface area contributed by atoms with Crippen molar-refractivity contribution >= 4 is 17.3 Å². The molecule has 0 spiro atoms. The third kappa shape index (κ3) is 3.33. The van der Waals surface area contributed by atoms with Crippen molar-refractivity contribution in [2.24, 2.45) is 11.1 Å². The Kier molecular flexibility index (Phi) is 5.82. The number of esters is 1. The van der Waals surface area contributed by atoms with Crippen LogP contribution < -0.4 is 5.73 Å². The molecule has 0 saturated carbocycles. The predicted molar refractivity (Wildman–Crippen MR) is 75.8 cm³/mol. The second-order valence-corrected chi connectivity index (χ2v) is 5.71. The highest BCUT2D eigenvalue weighted by atomic mass is 32.1. The van der Waals surface area contributed by atoms with Crippen LogP contribution in [-0.2, 0) is 22.4 Å². The fraction of sp³-hybridized carbons (Fsp3) is 0.643. The first-order chi connectivity index (χ1) is 8.61. The van der Waals surface area contributed by atoms with E-state index in [2.05, 4.69) is 19.1 Å². The lowest BCUT2D eigenvalue weighted by atomic mass is 9.81. The molecule has 1 unspecified atom stereocenters. The Morgan fingerprint density at radius 2 is 2.00 bits per heavy atom. The summed E-state index contributed by atoms with van der Waals surface area (Å²) in [5, 5.41) is 0. The third-order valence-electron chi connectivity index (χ3n) is 3.35. The van der Waals surface area contributed by atoms with E-state index in [0.717, 1.165) is 6.42 Å². The minimum absolute atomic E-state index is 0.165. The molecule has 0 radical (unpaired) electrons. The van der Waals surface area contributed by atoms with E-state index in [4.69, 9.17) is 10.5 Å². The molecule has 0 saturated heterocycles. The Labute approximate surface area is 113 Å². The number of carbonyl (C=O) groups is 1. The van der Waals surface area contributed by atoms with Gasteiger partial charge in [0.25, 0.3) is 0 Å². The van der Waals surface area contributed by atoms with Gasteiger partial charge in [-0.15, -0.1) is 11.3 Å². The van der Waals surface area contributed by atoms with Gasteiger partial charge in [0.1, 0.15) is 0 Å². The molecular weight excluding hydrogens is 246 g/mol. The molecule has 0 aliphatic heterocycles. The smallest absolute Gasteiger partial charge is 0.313 e. The van der Waals surface area contributed by atoms with Gasteiger partial charge in [0.05, 0.1) is 12.0 Å². The zero-order valence-electron chi connectivity index (χ0n) is 11.5. The van der Waals surface area contributed by atoms with E-state index in [1.807, 2.05) is 13.8 Å².